The molecule has 2 aromatic rings. The van der Waals surface area contributed by atoms with Crippen LogP contribution in [0.2, 0.25) is 0 Å². The smallest absolute Gasteiger partial charge is 0.410 e. The van der Waals surface area contributed by atoms with Crippen molar-refractivity contribution in [3.05, 3.63) is 54.1 Å². The van der Waals surface area contributed by atoms with Gasteiger partial charge in [-0.25, -0.2) is 4.79 Å². The largest absolute Gasteiger partial charge is 0.508 e. The van der Waals surface area contributed by atoms with Gasteiger partial charge in [0.1, 0.15) is 25.1 Å². The van der Waals surface area contributed by atoms with Crippen molar-refractivity contribution < 1.29 is 24.1 Å². The number of hydrogen-bond acceptors (Lipinski definition) is 6. The molecule has 2 fully saturated rings. The molecule has 2 aromatic carbocycles. The molecule has 7 nitrogen and oxygen atoms in total. The monoisotopic (exact) mass is 452 g/mol. The van der Waals surface area contributed by atoms with Crippen LogP contribution in [0.4, 0.5) is 4.79 Å². The lowest BCUT2D eigenvalue weighted by atomic mass is 9.93. The summed E-state index contributed by atoms with van der Waals surface area (Å²) in [4.78, 5) is 16.7. The van der Waals surface area contributed by atoms with Crippen LogP contribution in [0.1, 0.15) is 24.8 Å². The molecule has 5 rings (SSSR count). The highest BCUT2D eigenvalue weighted by Gasteiger charge is 2.33. The van der Waals surface area contributed by atoms with E-state index in [-0.39, 0.29) is 24.0 Å². The summed E-state index contributed by atoms with van der Waals surface area (Å²) in [6.07, 6.45) is 3.95. The molecular formula is C26H32N2O5. The van der Waals surface area contributed by atoms with Crippen LogP contribution in [0.3, 0.4) is 0 Å². The Bertz CT molecular complexity index is 945. The normalized spacial score (nSPS) is 23.5. The van der Waals surface area contributed by atoms with Crippen molar-refractivity contribution in [2.24, 2.45) is 5.92 Å². The quantitative estimate of drug-likeness (QED) is 0.691. The topological polar surface area (TPSA) is 71.5 Å². The maximum absolute atomic E-state index is 12.3. The third-order valence-electron chi connectivity index (χ3n) is 6.98. The number of hydrogen-bond donors (Lipinski definition) is 1. The second-order valence-electron chi connectivity index (χ2n) is 9.33. The number of rotatable bonds is 7. The van der Waals surface area contributed by atoms with Gasteiger partial charge in [0.25, 0.3) is 0 Å². The summed E-state index contributed by atoms with van der Waals surface area (Å²) >= 11 is 0. The number of carbonyl (C=O) groups is 1. The van der Waals surface area contributed by atoms with Crippen LogP contribution >= 0.6 is 0 Å². The highest BCUT2D eigenvalue weighted by molar-refractivity contribution is 5.70. The number of fused-ring (bicyclic) bond motifs is 1. The minimum absolute atomic E-state index is 0.00305. The fraction of sp³-hybridized carbons (Fsp3) is 0.500. The minimum atomic E-state index is -0.170. The van der Waals surface area contributed by atoms with Crippen molar-refractivity contribution in [1.29, 1.82) is 0 Å². The zero-order valence-corrected chi connectivity index (χ0v) is 18.9. The molecule has 0 aromatic heterocycles. The number of likely N-dealkylation sites (tertiary alicyclic amines) is 1. The van der Waals surface area contributed by atoms with E-state index in [0.717, 1.165) is 51.9 Å². The SMILES string of the molecule is O=C1OC[C@H](Cc2ccccc2)N1CCC1CCN(C[C@H]2COc3cc(O)ccc3O2)CC1. The second-order valence-corrected chi connectivity index (χ2v) is 9.33. The number of benzene rings is 2. The molecule has 2 saturated heterocycles. The highest BCUT2D eigenvalue weighted by atomic mass is 16.6. The number of phenols is 1. The van der Waals surface area contributed by atoms with Gasteiger partial charge in [0.15, 0.2) is 11.5 Å². The molecule has 1 amide bonds. The first kappa shape index (κ1) is 21.9. The van der Waals surface area contributed by atoms with Crippen molar-refractivity contribution in [3.63, 3.8) is 0 Å². The van der Waals surface area contributed by atoms with Crippen molar-refractivity contribution >= 4 is 6.09 Å². The van der Waals surface area contributed by atoms with E-state index in [2.05, 4.69) is 17.0 Å². The van der Waals surface area contributed by atoms with E-state index < -0.39 is 0 Å². The molecule has 33 heavy (non-hydrogen) atoms. The number of amides is 1. The van der Waals surface area contributed by atoms with Gasteiger partial charge >= 0.3 is 6.09 Å². The second kappa shape index (κ2) is 9.91. The Morgan fingerprint density at radius 3 is 2.61 bits per heavy atom. The molecule has 0 bridgehead atoms. The average Bonchev–Trinajstić information content (AvgIpc) is 3.18. The fourth-order valence-electron chi connectivity index (χ4n) is 5.08. The van der Waals surface area contributed by atoms with E-state index in [1.54, 1.807) is 18.2 Å². The minimum Gasteiger partial charge on any atom is -0.508 e. The Labute approximate surface area is 194 Å². The lowest BCUT2D eigenvalue weighted by molar-refractivity contribution is 0.0464. The number of carbonyl (C=O) groups excluding carboxylic acids is 1. The van der Waals surface area contributed by atoms with E-state index >= 15 is 0 Å². The molecule has 0 spiro atoms. The zero-order chi connectivity index (χ0) is 22.6. The van der Waals surface area contributed by atoms with E-state index in [1.165, 1.54) is 5.56 Å². The lowest BCUT2D eigenvalue weighted by Crippen LogP contribution is -2.44. The predicted molar refractivity (Wildman–Crippen MR) is 124 cm³/mol. The van der Waals surface area contributed by atoms with E-state index in [9.17, 15) is 9.90 Å². The molecule has 0 radical (unpaired) electrons. The van der Waals surface area contributed by atoms with E-state index in [4.69, 9.17) is 14.2 Å². The third kappa shape index (κ3) is 5.36. The first-order chi connectivity index (χ1) is 16.1. The number of aromatic hydroxyl groups is 1. The van der Waals surface area contributed by atoms with Crippen LogP contribution in [-0.4, -0.2) is 72.5 Å². The summed E-state index contributed by atoms with van der Waals surface area (Å²) in [6, 6.07) is 15.4. The van der Waals surface area contributed by atoms with Gasteiger partial charge in [-0.3, -0.25) is 4.90 Å². The Kier molecular flexibility index (Phi) is 6.58. The standard InChI is InChI=1S/C26H32N2O5/c29-22-6-7-24-25(15-22)31-18-23(33-24)16-27-11-8-19(9-12-27)10-13-28-21(17-32-26(28)30)14-20-4-2-1-3-5-20/h1-7,15,19,21,23,29H,8-14,16-18H2/t21-,23-/m0/s1. The summed E-state index contributed by atoms with van der Waals surface area (Å²) in [5, 5.41) is 9.58. The van der Waals surface area contributed by atoms with Gasteiger partial charge in [0.05, 0.1) is 6.04 Å². The number of phenolic OH excluding ortho intramolecular Hbond substituents is 1. The molecule has 3 aliphatic rings. The van der Waals surface area contributed by atoms with Crippen LogP contribution in [0.5, 0.6) is 17.2 Å². The van der Waals surface area contributed by atoms with Gasteiger partial charge in [-0.05, 0) is 62.4 Å². The fourth-order valence-corrected chi connectivity index (χ4v) is 5.08. The molecule has 1 N–H and O–H groups in total. The number of ether oxygens (including phenoxy) is 3. The summed E-state index contributed by atoms with van der Waals surface area (Å²) < 4.78 is 17.2. The Morgan fingerprint density at radius 2 is 1.79 bits per heavy atom. The van der Waals surface area contributed by atoms with Crippen molar-refractivity contribution in [1.82, 2.24) is 9.80 Å². The van der Waals surface area contributed by atoms with Gasteiger partial charge in [-0.2, -0.15) is 0 Å². The number of piperidine rings is 1. The van der Waals surface area contributed by atoms with Crippen molar-refractivity contribution in [2.45, 2.75) is 37.8 Å². The first-order valence-corrected chi connectivity index (χ1v) is 12.0. The molecular weight excluding hydrogens is 420 g/mol. The summed E-state index contributed by atoms with van der Waals surface area (Å²) in [5.41, 5.74) is 1.24. The van der Waals surface area contributed by atoms with E-state index in [0.29, 0.717) is 30.6 Å². The molecule has 0 saturated carbocycles. The lowest BCUT2D eigenvalue weighted by Gasteiger charge is -2.36. The van der Waals surface area contributed by atoms with Crippen LogP contribution in [-0.2, 0) is 11.2 Å². The molecule has 0 aliphatic carbocycles. The van der Waals surface area contributed by atoms with Crippen LogP contribution in [0.15, 0.2) is 48.5 Å². The first-order valence-electron chi connectivity index (χ1n) is 12.0. The van der Waals surface area contributed by atoms with Gasteiger partial charge in [0.2, 0.25) is 0 Å². The van der Waals surface area contributed by atoms with E-state index in [1.807, 2.05) is 23.1 Å². The number of cyclic esters (lactones) is 1. The number of nitrogens with zero attached hydrogens (tertiary/aromatic N) is 2. The molecule has 3 heterocycles. The van der Waals surface area contributed by atoms with Gasteiger partial charge < -0.3 is 24.2 Å². The molecule has 7 heteroatoms. The van der Waals surface area contributed by atoms with Crippen LogP contribution < -0.4 is 9.47 Å². The molecule has 2 atom stereocenters. The van der Waals surface area contributed by atoms with Crippen LogP contribution in [0.25, 0.3) is 0 Å². The van der Waals surface area contributed by atoms with Gasteiger partial charge in [-0.15, -0.1) is 0 Å². The maximum atomic E-state index is 12.3. The van der Waals surface area contributed by atoms with Gasteiger partial charge in [-0.1, -0.05) is 30.3 Å². The Balaban J connectivity index is 1.06. The third-order valence-corrected chi connectivity index (χ3v) is 6.98. The Hall–Kier alpha value is -2.93. The summed E-state index contributed by atoms with van der Waals surface area (Å²) in [6.45, 7) is 4.65. The van der Waals surface area contributed by atoms with Gasteiger partial charge in [0, 0.05) is 19.2 Å². The van der Waals surface area contributed by atoms with Crippen molar-refractivity contribution in [3.8, 4) is 17.2 Å². The average molecular weight is 453 g/mol. The molecule has 0 unspecified atom stereocenters. The summed E-state index contributed by atoms with van der Waals surface area (Å²) in [7, 11) is 0. The predicted octanol–water partition coefficient (Wildman–Crippen LogP) is 3.70. The summed E-state index contributed by atoms with van der Waals surface area (Å²) in [5.74, 6) is 2.11. The maximum Gasteiger partial charge on any atom is 0.410 e. The van der Waals surface area contributed by atoms with Crippen molar-refractivity contribution in [2.75, 3.05) is 39.4 Å². The Morgan fingerprint density at radius 1 is 0.970 bits per heavy atom. The zero-order valence-electron chi connectivity index (χ0n) is 18.9. The highest BCUT2D eigenvalue weighted by Crippen LogP contribution is 2.35. The molecule has 3 aliphatic heterocycles. The molecule has 176 valence electrons. The van der Waals surface area contributed by atoms with Crippen LogP contribution in [0, 0.1) is 5.92 Å².